The molecular formula is C6H8F4. The van der Waals surface area contributed by atoms with E-state index < -0.39 is 18.4 Å². The Kier molecular flexibility index (Phi) is 2.87. The van der Waals surface area contributed by atoms with Crippen molar-refractivity contribution in [3.05, 3.63) is 11.4 Å². The van der Waals surface area contributed by atoms with Gasteiger partial charge in [0.25, 0.3) is 0 Å². The second kappa shape index (κ2) is 3.03. The lowest BCUT2D eigenvalue weighted by Crippen LogP contribution is -2.07. The van der Waals surface area contributed by atoms with Crippen LogP contribution in [-0.4, -0.2) is 6.18 Å². The van der Waals surface area contributed by atoms with E-state index in [4.69, 9.17) is 0 Å². The Labute approximate surface area is 56.5 Å². The van der Waals surface area contributed by atoms with Crippen molar-refractivity contribution in [3.8, 4) is 0 Å². The van der Waals surface area contributed by atoms with Crippen LogP contribution < -0.4 is 0 Å². The van der Waals surface area contributed by atoms with Crippen LogP contribution in [0.2, 0.25) is 0 Å². The van der Waals surface area contributed by atoms with Gasteiger partial charge in [0.15, 0.2) is 0 Å². The molecule has 0 bridgehead atoms. The van der Waals surface area contributed by atoms with Gasteiger partial charge < -0.3 is 0 Å². The molecule has 0 atom stereocenters. The minimum absolute atomic E-state index is 0.257. The summed E-state index contributed by atoms with van der Waals surface area (Å²) in [6.07, 6.45) is -5.45. The molecular weight excluding hydrogens is 148 g/mol. The van der Waals surface area contributed by atoms with Crippen LogP contribution in [0.5, 0.6) is 0 Å². The molecule has 0 aliphatic carbocycles. The van der Waals surface area contributed by atoms with Crippen molar-refractivity contribution < 1.29 is 17.6 Å². The van der Waals surface area contributed by atoms with Crippen LogP contribution in [0.15, 0.2) is 11.4 Å². The summed E-state index contributed by atoms with van der Waals surface area (Å²) in [6, 6.07) is 0. The summed E-state index contributed by atoms with van der Waals surface area (Å²) in [6.45, 7) is 2.14. The van der Waals surface area contributed by atoms with Gasteiger partial charge in [-0.15, -0.1) is 0 Å². The summed E-state index contributed by atoms with van der Waals surface area (Å²) in [5.74, 6) is -0.752. The first-order valence-electron chi connectivity index (χ1n) is 2.71. The van der Waals surface area contributed by atoms with E-state index in [0.717, 1.165) is 13.8 Å². The van der Waals surface area contributed by atoms with E-state index in [1.54, 1.807) is 0 Å². The number of hydrogen-bond donors (Lipinski definition) is 0. The predicted octanol–water partition coefficient (Wildman–Crippen LogP) is 3.20. The maximum absolute atomic E-state index is 12.0. The molecule has 0 nitrogen and oxygen atoms in total. The highest BCUT2D eigenvalue weighted by atomic mass is 19.4. The molecule has 10 heavy (non-hydrogen) atoms. The molecule has 0 fully saturated rings. The van der Waals surface area contributed by atoms with Crippen LogP contribution in [0.1, 0.15) is 20.3 Å². The standard InChI is InChI=1S/C6H8F4/c1-4(5(2)7)3-6(8,9)10/h3H2,1-2H3/b5-4+. The van der Waals surface area contributed by atoms with E-state index in [-0.39, 0.29) is 5.57 Å². The molecule has 0 aromatic carbocycles. The summed E-state index contributed by atoms with van der Waals surface area (Å²) in [4.78, 5) is 0. The fourth-order valence-corrected chi connectivity index (χ4v) is 0.422. The lowest BCUT2D eigenvalue weighted by atomic mass is 10.2. The second-order valence-electron chi connectivity index (χ2n) is 2.11. The molecule has 0 N–H and O–H groups in total. The molecule has 0 heterocycles. The van der Waals surface area contributed by atoms with Crippen molar-refractivity contribution >= 4 is 0 Å². The molecule has 0 aromatic rings. The zero-order chi connectivity index (χ0) is 8.36. The van der Waals surface area contributed by atoms with Crippen LogP contribution >= 0.6 is 0 Å². The first kappa shape index (κ1) is 9.46. The molecule has 60 valence electrons. The number of hydrogen-bond acceptors (Lipinski definition) is 0. The van der Waals surface area contributed by atoms with Crippen LogP contribution in [0.4, 0.5) is 17.6 Å². The van der Waals surface area contributed by atoms with Gasteiger partial charge in [0.1, 0.15) is 0 Å². The highest BCUT2D eigenvalue weighted by molar-refractivity contribution is 5.03. The van der Waals surface area contributed by atoms with E-state index in [0.29, 0.717) is 0 Å². The fourth-order valence-electron chi connectivity index (χ4n) is 0.422. The zero-order valence-corrected chi connectivity index (χ0v) is 5.72. The van der Waals surface area contributed by atoms with Crippen molar-refractivity contribution in [1.29, 1.82) is 0 Å². The second-order valence-corrected chi connectivity index (χ2v) is 2.11. The molecule has 0 aromatic heterocycles. The van der Waals surface area contributed by atoms with Gasteiger partial charge in [-0.25, -0.2) is 4.39 Å². The highest BCUT2D eigenvalue weighted by Gasteiger charge is 2.28. The Hall–Kier alpha value is -0.540. The van der Waals surface area contributed by atoms with Gasteiger partial charge in [-0.1, -0.05) is 0 Å². The molecule has 0 radical (unpaired) electrons. The van der Waals surface area contributed by atoms with Crippen molar-refractivity contribution in [1.82, 2.24) is 0 Å². The zero-order valence-electron chi connectivity index (χ0n) is 5.72. The maximum Gasteiger partial charge on any atom is 0.392 e. The average molecular weight is 156 g/mol. The first-order valence-corrected chi connectivity index (χ1v) is 2.71. The lowest BCUT2D eigenvalue weighted by molar-refractivity contribution is -0.127. The Balaban J connectivity index is 4.06. The summed E-state index contributed by atoms with van der Waals surface area (Å²) in [7, 11) is 0. The number of rotatable bonds is 1. The normalized spacial score (nSPS) is 15.0. The lowest BCUT2D eigenvalue weighted by Gasteiger charge is -2.05. The molecule has 0 aliphatic rings. The molecule has 0 saturated carbocycles. The van der Waals surface area contributed by atoms with Crippen LogP contribution in [0, 0.1) is 0 Å². The van der Waals surface area contributed by atoms with E-state index in [1.807, 2.05) is 0 Å². The van der Waals surface area contributed by atoms with Crippen molar-refractivity contribution in [2.24, 2.45) is 0 Å². The van der Waals surface area contributed by atoms with E-state index in [1.165, 1.54) is 0 Å². The Morgan fingerprint density at radius 3 is 1.70 bits per heavy atom. The Morgan fingerprint density at radius 2 is 1.60 bits per heavy atom. The summed E-state index contributed by atoms with van der Waals surface area (Å²) >= 11 is 0. The third kappa shape index (κ3) is 4.35. The topological polar surface area (TPSA) is 0 Å². The molecule has 0 spiro atoms. The minimum atomic E-state index is -4.29. The van der Waals surface area contributed by atoms with Crippen molar-refractivity contribution in [2.45, 2.75) is 26.4 Å². The maximum atomic E-state index is 12.0. The number of allylic oxidation sites excluding steroid dienone is 2. The van der Waals surface area contributed by atoms with Crippen LogP contribution in [0.25, 0.3) is 0 Å². The Morgan fingerprint density at radius 1 is 1.20 bits per heavy atom. The van der Waals surface area contributed by atoms with E-state index >= 15 is 0 Å². The highest BCUT2D eigenvalue weighted by Crippen LogP contribution is 2.25. The average Bonchev–Trinajstić information content (AvgIpc) is 1.60. The van der Waals surface area contributed by atoms with E-state index in [2.05, 4.69) is 0 Å². The molecule has 0 rings (SSSR count). The van der Waals surface area contributed by atoms with Crippen molar-refractivity contribution in [2.75, 3.05) is 0 Å². The quantitative estimate of drug-likeness (QED) is 0.511. The fraction of sp³-hybridized carbons (Fsp3) is 0.667. The first-order chi connectivity index (χ1) is 4.33. The SMILES string of the molecule is C/C(F)=C(/C)CC(F)(F)F. The van der Waals surface area contributed by atoms with E-state index in [9.17, 15) is 17.6 Å². The molecule has 0 saturated heterocycles. The molecule has 0 aliphatic heterocycles. The number of alkyl halides is 3. The summed E-state index contributed by atoms with van der Waals surface area (Å²) < 4.78 is 46.4. The molecule has 4 heteroatoms. The van der Waals surface area contributed by atoms with Gasteiger partial charge in [-0.2, -0.15) is 13.2 Å². The summed E-state index contributed by atoms with van der Waals surface area (Å²) in [5.41, 5.74) is -0.257. The van der Waals surface area contributed by atoms with Gasteiger partial charge in [0, 0.05) is 0 Å². The third-order valence-corrected chi connectivity index (χ3v) is 1.05. The summed E-state index contributed by atoms with van der Waals surface area (Å²) in [5, 5.41) is 0. The van der Waals surface area contributed by atoms with Gasteiger partial charge in [0.2, 0.25) is 0 Å². The largest absolute Gasteiger partial charge is 0.392 e. The van der Waals surface area contributed by atoms with Crippen LogP contribution in [0.3, 0.4) is 0 Å². The number of halogens is 4. The van der Waals surface area contributed by atoms with Gasteiger partial charge in [-0.3, -0.25) is 0 Å². The molecule has 0 unspecified atom stereocenters. The van der Waals surface area contributed by atoms with Gasteiger partial charge in [0.05, 0.1) is 12.2 Å². The van der Waals surface area contributed by atoms with Crippen LogP contribution in [-0.2, 0) is 0 Å². The molecule has 0 amide bonds. The van der Waals surface area contributed by atoms with Gasteiger partial charge in [-0.05, 0) is 19.4 Å². The minimum Gasteiger partial charge on any atom is -0.212 e. The van der Waals surface area contributed by atoms with Gasteiger partial charge >= 0.3 is 6.18 Å². The monoisotopic (exact) mass is 156 g/mol. The Bertz CT molecular complexity index is 138. The van der Waals surface area contributed by atoms with Crippen molar-refractivity contribution in [3.63, 3.8) is 0 Å². The third-order valence-electron chi connectivity index (χ3n) is 1.05. The smallest absolute Gasteiger partial charge is 0.212 e. The predicted molar refractivity (Wildman–Crippen MR) is 30.2 cm³/mol.